The van der Waals surface area contributed by atoms with E-state index in [9.17, 15) is 0 Å². The maximum Gasteiger partial charge on any atom is 0.345 e. The maximum absolute atomic E-state index is 6.30. The lowest BCUT2D eigenvalue weighted by molar-refractivity contribution is -0.505. The smallest absolute Gasteiger partial charge is 0.244 e. The number of hydrogen-bond donors (Lipinski definition) is 0. The van der Waals surface area contributed by atoms with Crippen LogP contribution in [0.4, 0.5) is 0 Å². The van der Waals surface area contributed by atoms with E-state index in [4.69, 9.17) is 11.6 Å². The Balaban J connectivity index is 2.46. The Labute approximate surface area is 104 Å². The molecular weight excluding hydrogens is 220 g/mol. The number of allylic oxidation sites excluding steroid dienone is 2. The second-order valence-electron chi connectivity index (χ2n) is 3.92. The zero-order valence-electron chi connectivity index (χ0n) is 10.3. The van der Waals surface area contributed by atoms with Gasteiger partial charge in [0.05, 0.1) is 0 Å². The average molecular weight is 242 g/mol. The summed E-state index contributed by atoms with van der Waals surface area (Å²) in [6, 6.07) is 0. The first-order valence-electron chi connectivity index (χ1n) is 6.11. The highest BCUT2D eigenvalue weighted by atomic mass is 35.5. The SMILES string of the molecule is CC/C=C\CN1CC[N+](C/C=C\CC)=C1Cl. The van der Waals surface area contributed by atoms with Crippen LogP contribution in [-0.4, -0.2) is 40.9 Å². The van der Waals surface area contributed by atoms with Crippen molar-refractivity contribution in [1.29, 1.82) is 0 Å². The van der Waals surface area contributed by atoms with Crippen molar-refractivity contribution in [3.8, 4) is 0 Å². The normalized spacial score (nSPS) is 17.3. The van der Waals surface area contributed by atoms with Crippen LogP contribution in [0.3, 0.4) is 0 Å². The second kappa shape index (κ2) is 7.50. The van der Waals surface area contributed by atoms with E-state index in [1.54, 1.807) is 0 Å². The van der Waals surface area contributed by atoms with Crippen LogP contribution < -0.4 is 0 Å². The summed E-state index contributed by atoms with van der Waals surface area (Å²) >= 11 is 6.30. The van der Waals surface area contributed by atoms with Crippen LogP contribution in [0.15, 0.2) is 24.3 Å². The van der Waals surface area contributed by atoms with E-state index in [2.05, 4.69) is 47.6 Å². The third kappa shape index (κ3) is 4.01. The number of rotatable bonds is 6. The van der Waals surface area contributed by atoms with Gasteiger partial charge in [-0.25, -0.2) is 9.48 Å². The van der Waals surface area contributed by atoms with E-state index in [0.29, 0.717) is 0 Å². The Hall–Kier alpha value is -0.760. The minimum absolute atomic E-state index is 0.890. The number of hydrogen-bond acceptors (Lipinski definition) is 1. The molecule has 0 bridgehead atoms. The van der Waals surface area contributed by atoms with Gasteiger partial charge in [-0.3, -0.25) is 0 Å². The molecule has 0 aromatic rings. The lowest BCUT2D eigenvalue weighted by atomic mass is 10.4. The standard InChI is InChI=1S/C13H22ClN2/c1-3-5-7-9-15-11-12-16(13(15)14)10-8-6-4-2/h5-8H,3-4,9-12H2,1-2H3/q+1/b7-5-,8-6-. The van der Waals surface area contributed by atoms with Crippen molar-refractivity contribution in [1.82, 2.24) is 4.90 Å². The zero-order chi connectivity index (χ0) is 11.8. The van der Waals surface area contributed by atoms with Crippen LogP contribution in [0, 0.1) is 0 Å². The van der Waals surface area contributed by atoms with Crippen LogP contribution in [0.5, 0.6) is 0 Å². The Kier molecular flexibility index (Phi) is 6.24. The summed E-state index contributed by atoms with van der Waals surface area (Å²) in [5.74, 6) is 0. The summed E-state index contributed by atoms with van der Waals surface area (Å²) in [4.78, 5) is 2.22. The van der Waals surface area contributed by atoms with Crippen LogP contribution in [-0.2, 0) is 0 Å². The largest absolute Gasteiger partial charge is 0.345 e. The Morgan fingerprint density at radius 2 is 1.88 bits per heavy atom. The molecule has 0 N–H and O–H groups in total. The number of nitrogens with zero attached hydrogens (tertiary/aromatic N) is 2. The topological polar surface area (TPSA) is 6.25 Å². The molecule has 3 heteroatoms. The van der Waals surface area contributed by atoms with Gasteiger partial charge < -0.3 is 0 Å². The van der Waals surface area contributed by atoms with Crippen molar-refractivity contribution >= 4 is 16.9 Å². The van der Waals surface area contributed by atoms with Gasteiger partial charge >= 0.3 is 5.29 Å². The van der Waals surface area contributed by atoms with Gasteiger partial charge in [0.25, 0.3) is 0 Å². The van der Waals surface area contributed by atoms with Crippen molar-refractivity contribution in [2.24, 2.45) is 0 Å². The van der Waals surface area contributed by atoms with Crippen LogP contribution >= 0.6 is 11.6 Å². The molecule has 1 heterocycles. The molecular formula is C13H22ClN2+. The average Bonchev–Trinajstić information content (AvgIpc) is 2.62. The van der Waals surface area contributed by atoms with E-state index in [1.165, 1.54) is 0 Å². The minimum atomic E-state index is 0.890. The Morgan fingerprint density at radius 3 is 2.56 bits per heavy atom. The molecule has 0 unspecified atom stereocenters. The van der Waals surface area contributed by atoms with E-state index < -0.39 is 0 Å². The Bertz CT molecular complexity index is 292. The molecule has 0 aromatic heterocycles. The fourth-order valence-electron chi connectivity index (χ4n) is 1.70. The quantitative estimate of drug-likeness (QED) is 0.394. The molecule has 0 saturated heterocycles. The van der Waals surface area contributed by atoms with Gasteiger partial charge in [0, 0.05) is 11.6 Å². The summed E-state index contributed by atoms with van der Waals surface area (Å²) in [6.45, 7) is 8.22. The fraction of sp³-hybridized carbons (Fsp3) is 0.615. The summed E-state index contributed by atoms with van der Waals surface area (Å²) in [6.07, 6.45) is 10.9. The van der Waals surface area contributed by atoms with Crippen LogP contribution in [0.2, 0.25) is 0 Å². The molecule has 0 amide bonds. The molecule has 1 aliphatic heterocycles. The van der Waals surface area contributed by atoms with Crippen LogP contribution in [0.1, 0.15) is 26.7 Å². The lowest BCUT2D eigenvalue weighted by Gasteiger charge is -2.04. The monoisotopic (exact) mass is 241 g/mol. The van der Waals surface area contributed by atoms with Gasteiger partial charge in [-0.05, 0) is 25.0 Å². The van der Waals surface area contributed by atoms with Crippen molar-refractivity contribution in [3.05, 3.63) is 24.3 Å². The molecule has 0 aromatic carbocycles. The van der Waals surface area contributed by atoms with Gasteiger partial charge in [-0.15, -0.1) is 0 Å². The molecule has 1 aliphatic rings. The summed E-state index contributed by atoms with van der Waals surface area (Å²) < 4.78 is 2.22. The van der Waals surface area contributed by atoms with Gasteiger partial charge in [-0.2, -0.15) is 0 Å². The van der Waals surface area contributed by atoms with Crippen molar-refractivity contribution in [2.45, 2.75) is 26.7 Å². The fourth-order valence-corrected chi connectivity index (χ4v) is 2.00. The summed E-state index contributed by atoms with van der Waals surface area (Å²) in [7, 11) is 0. The van der Waals surface area contributed by atoms with Crippen molar-refractivity contribution in [3.63, 3.8) is 0 Å². The molecule has 0 saturated carbocycles. The lowest BCUT2D eigenvalue weighted by Crippen LogP contribution is -2.25. The molecule has 0 spiro atoms. The highest BCUT2D eigenvalue weighted by Crippen LogP contribution is 2.06. The predicted octanol–water partition coefficient (Wildman–Crippen LogP) is 2.84. The number of halogens is 1. The highest BCUT2D eigenvalue weighted by molar-refractivity contribution is 6.63. The third-order valence-corrected chi connectivity index (χ3v) is 3.10. The van der Waals surface area contributed by atoms with E-state index in [0.717, 1.165) is 44.3 Å². The highest BCUT2D eigenvalue weighted by Gasteiger charge is 2.26. The second-order valence-corrected chi connectivity index (χ2v) is 4.26. The van der Waals surface area contributed by atoms with E-state index in [-0.39, 0.29) is 0 Å². The van der Waals surface area contributed by atoms with Crippen molar-refractivity contribution in [2.75, 3.05) is 26.2 Å². The molecule has 0 aliphatic carbocycles. The molecule has 0 radical (unpaired) electrons. The van der Waals surface area contributed by atoms with Crippen molar-refractivity contribution < 1.29 is 4.58 Å². The van der Waals surface area contributed by atoms with Gasteiger partial charge in [-0.1, -0.05) is 26.0 Å². The first-order valence-corrected chi connectivity index (χ1v) is 6.49. The first-order chi connectivity index (χ1) is 7.79. The number of amidine groups is 1. The van der Waals surface area contributed by atoms with Crippen LogP contribution in [0.25, 0.3) is 0 Å². The molecule has 0 fully saturated rings. The molecule has 90 valence electrons. The van der Waals surface area contributed by atoms with Gasteiger partial charge in [0.1, 0.15) is 26.2 Å². The predicted molar refractivity (Wildman–Crippen MR) is 71.3 cm³/mol. The summed E-state index contributed by atoms with van der Waals surface area (Å²) in [5.41, 5.74) is 0. The Morgan fingerprint density at radius 1 is 1.19 bits per heavy atom. The van der Waals surface area contributed by atoms with E-state index in [1.807, 2.05) is 0 Å². The molecule has 16 heavy (non-hydrogen) atoms. The molecule has 0 atom stereocenters. The molecule has 1 rings (SSSR count). The van der Waals surface area contributed by atoms with Gasteiger partial charge in [0.15, 0.2) is 0 Å². The molecule has 2 nitrogen and oxygen atoms in total. The summed E-state index contributed by atoms with van der Waals surface area (Å²) in [5, 5.41) is 0.890. The zero-order valence-corrected chi connectivity index (χ0v) is 11.1. The third-order valence-electron chi connectivity index (χ3n) is 2.62. The first kappa shape index (κ1) is 13.3. The minimum Gasteiger partial charge on any atom is -0.244 e. The maximum atomic E-state index is 6.30. The van der Waals surface area contributed by atoms with Gasteiger partial charge in [0.2, 0.25) is 0 Å². The van der Waals surface area contributed by atoms with E-state index >= 15 is 0 Å².